The van der Waals surface area contributed by atoms with E-state index in [2.05, 4.69) is 55.4 Å². The van der Waals surface area contributed by atoms with Gasteiger partial charge >= 0.3 is 0 Å². The molecule has 0 bridgehead atoms. The van der Waals surface area contributed by atoms with E-state index in [0.717, 1.165) is 6.42 Å². The van der Waals surface area contributed by atoms with Gasteiger partial charge in [0.25, 0.3) is 0 Å². The monoisotopic (exact) mass is 282 g/mol. The van der Waals surface area contributed by atoms with Crippen molar-refractivity contribution in [3.05, 3.63) is 0 Å². The van der Waals surface area contributed by atoms with E-state index in [1.807, 2.05) is 7.11 Å². The van der Waals surface area contributed by atoms with Crippen molar-refractivity contribution in [2.45, 2.75) is 85.5 Å². The van der Waals surface area contributed by atoms with Crippen molar-refractivity contribution >= 4 is 0 Å². The molecule has 2 heteroatoms. The number of ether oxygens (including phenoxy) is 2. The van der Waals surface area contributed by atoms with Gasteiger partial charge in [0.2, 0.25) is 0 Å². The zero-order valence-electron chi connectivity index (χ0n) is 15.0. The van der Waals surface area contributed by atoms with E-state index in [4.69, 9.17) is 9.47 Å². The summed E-state index contributed by atoms with van der Waals surface area (Å²) in [7, 11) is 1.87. The Labute approximate surface area is 125 Å². The van der Waals surface area contributed by atoms with E-state index < -0.39 is 0 Å². The van der Waals surface area contributed by atoms with Crippen LogP contribution in [-0.2, 0) is 9.47 Å². The van der Waals surface area contributed by atoms with Gasteiger partial charge in [0.05, 0.1) is 17.3 Å². The molecule has 1 saturated heterocycles. The Bertz CT molecular complexity index is 359. The van der Waals surface area contributed by atoms with Crippen molar-refractivity contribution in [1.82, 2.24) is 0 Å². The fourth-order valence-corrected chi connectivity index (χ4v) is 5.38. The Kier molecular flexibility index (Phi) is 3.63. The zero-order chi connectivity index (χ0) is 15.6. The zero-order valence-corrected chi connectivity index (χ0v) is 15.0. The van der Waals surface area contributed by atoms with Gasteiger partial charge in [-0.2, -0.15) is 0 Å². The fraction of sp³-hybridized carbons (Fsp3) is 1.00. The molecule has 2 fully saturated rings. The van der Waals surface area contributed by atoms with Crippen LogP contribution in [0.2, 0.25) is 0 Å². The summed E-state index contributed by atoms with van der Waals surface area (Å²) in [5.74, 6) is 0.981. The van der Waals surface area contributed by atoms with E-state index >= 15 is 0 Å². The van der Waals surface area contributed by atoms with Crippen LogP contribution >= 0.6 is 0 Å². The van der Waals surface area contributed by atoms with Crippen molar-refractivity contribution in [2.24, 2.45) is 22.7 Å². The second-order valence-corrected chi connectivity index (χ2v) is 9.02. The highest BCUT2D eigenvalue weighted by Crippen LogP contribution is 2.63. The molecule has 118 valence electrons. The highest BCUT2D eigenvalue weighted by atomic mass is 16.5. The first-order chi connectivity index (χ1) is 8.92. The molecule has 1 aliphatic carbocycles. The maximum absolute atomic E-state index is 6.71. The van der Waals surface area contributed by atoms with Gasteiger partial charge in [-0.15, -0.1) is 0 Å². The van der Waals surface area contributed by atoms with Gasteiger partial charge in [0, 0.05) is 7.11 Å². The molecule has 1 heterocycles. The number of hydrogen-bond donors (Lipinski definition) is 0. The number of methoxy groups -OCH3 is 1. The quantitative estimate of drug-likeness (QED) is 0.696. The molecule has 1 aliphatic heterocycles. The molecule has 1 spiro atoms. The van der Waals surface area contributed by atoms with Crippen LogP contribution in [0.3, 0.4) is 0 Å². The fourth-order valence-electron chi connectivity index (χ4n) is 5.38. The minimum Gasteiger partial charge on any atom is -0.380 e. The first-order valence-corrected chi connectivity index (χ1v) is 8.15. The largest absolute Gasteiger partial charge is 0.380 e. The lowest BCUT2D eigenvalue weighted by molar-refractivity contribution is -0.262. The van der Waals surface area contributed by atoms with Crippen LogP contribution in [0.25, 0.3) is 0 Å². The third kappa shape index (κ3) is 1.98. The van der Waals surface area contributed by atoms with Crippen LogP contribution in [0.4, 0.5) is 0 Å². The molecule has 2 unspecified atom stereocenters. The van der Waals surface area contributed by atoms with E-state index in [1.165, 1.54) is 6.42 Å². The normalized spacial score (nSPS) is 45.8. The summed E-state index contributed by atoms with van der Waals surface area (Å²) in [4.78, 5) is 0. The van der Waals surface area contributed by atoms with E-state index in [9.17, 15) is 0 Å². The molecule has 0 aromatic carbocycles. The van der Waals surface area contributed by atoms with Gasteiger partial charge in [-0.05, 0) is 49.4 Å². The van der Waals surface area contributed by atoms with E-state index in [0.29, 0.717) is 11.8 Å². The molecule has 0 amide bonds. The Morgan fingerprint density at radius 3 is 1.60 bits per heavy atom. The highest BCUT2D eigenvalue weighted by molar-refractivity contribution is 5.14. The summed E-state index contributed by atoms with van der Waals surface area (Å²) < 4.78 is 12.7. The first-order valence-electron chi connectivity index (χ1n) is 8.15. The highest BCUT2D eigenvalue weighted by Gasteiger charge is 2.65. The van der Waals surface area contributed by atoms with Gasteiger partial charge in [0.15, 0.2) is 0 Å². The lowest BCUT2D eigenvalue weighted by Crippen LogP contribution is -2.66. The first kappa shape index (κ1) is 16.3. The van der Waals surface area contributed by atoms with E-state index in [-0.39, 0.29) is 28.1 Å². The molecule has 1 saturated carbocycles. The van der Waals surface area contributed by atoms with Crippen LogP contribution in [0.1, 0.15) is 68.2 Å². The molecule has 0 aromatic heterocycles. The average Bonchev–Trinajstić information content (AvgIpc) is 2.63. The Morgan fingerprint density at radius 2 is 1.30 bits per heavy atom. The summed E-state index contributed by atoms with van der Waals surface area (Å²) in [6.07, 6.45) is 2.59. The Balaban J connectivity index is 2.50. The van der Waals surface area contributed by atoms with Crippen molar-refractivity contribution in [1.29, 1.82) is 0 Å². The SMILES string of the molecule is COC1C(C)(C)C(C)C2(CCC(C)(C)O2)C(C)C1(C)C. The van der Waals surface area contributed by atoms with Crippen LogP contribution in [-0.4, -0.2) is 24.4 Å². The molecule has 20 heavy (non-hydrogen) atoms. The predicted octanol–water partition coefficient (Wildman–Crippen LogP) is 4.67. The van der Waals surface area contributed by atoms with Gasteiger partial charge < -0.3 is 9.47 Å². The molecule has 0 aromatic rings. The van der Waals surface area contributed by atoms with Crippen molar-refractivity contribution in [3.63, 3.8) is 0 Å². The van der Waals surface area contributed by atoms with Gasteiger partial charge in [-0.25, -0.2) is 0 Å². The van der Waals surface area contributed by atoms with Crippen molar-refractivity contribution in [2.75, 3.05) is 7.11 Å². The van der Waals surface area contributed by atoms with Crippen molar-refractivity contribution in [3.8, 4) is 0 Å². The molecular formula is C18H34O2. The molecule has 2 nitrogen and oxygen atoms in total. The third-order valence-electron chi connectivity index (χ3n) is 6.87. The summed E-state index contributed by atoms with van der Waals surface area (Å²) in [6, 6.07) is 0. The Hall–Kier alpha value is -0.0800. The van der Waals surface area contributed by atoms with Gasteiger partial charge in [0.1, 0.15) is 0 Å². The van der Waals surface area contributed by atoms with Gasteiger partial charge in [-0.1, -0.05) is 41.5 Å². The second-order valence-electron chi connectivity index (χ2n) is 9.02. The summed E-state index contributed by atoms with van der Waals surface area (Å²) >= 11 is 0. The van der Waals surface area contributed by atoms with Crippen LogP contribution < -0.4 is 0 Å². The summed E-state index contributed by atoms with van der Waals surface area (Å²) in [5, 5.41) is 0. The third-order valence-corrected chi connectivity index (χ3v) is 6.87. The maximum atomic E-state index is 6.71. The second kappa shape index (κ2) is 4.46. The number of hydrogen-bond acceptors (Lipinski definition) is 2. The maximum Gasteiger partial charge on any atom is 0.0753 e. The Morgan fingerprint density at radius 1 is 0.850 bits per heavy atom. The average molecular weight is 282 g/mol. The minimum absolute atomic E-state index is 0.00840. The molecule has 2 atom stereocenters. The van der Waals surface area contributed by atoms with Gasteiger partial charge in [-0.3, -0.25) is 0 Å². The molecule has 2 aliphatic rings. The van der Waals surface area contributed by atoms with Crippen molar-refractivity contribution < 1.29 is 9.47 Å². The summed E-state index contributed by atoms with van der Waals surface area (Å²) in [5.41, 5.74) is 0.233. The molecular weight excluding hydrogens is 248 g/mol. The van der Waals surface area contributed by atoms with Crippen LogP contribution in [0, 0.1) is 22.7 Å². The molecule has 0 radical (unpaired) electrons. The summed E-state index contributed by atoms with van der Waals surface area (Å²) in [6.45, 7) is 18.7. The van der Waals surface area contributed by atoms with Crippen LogP contribution in [0.5, 0.6) is 0 Å². The molecule has 0 N–H and O–H groups in total. The standard InChI is InChI=1S/C18H34O2/c1-12-16(5,6)14(19-9)17(7,8)13(2)18(12)11-10-15(3,4)20-18/h12-14H,10-11H2,1-9H3. The predicted molar refractivity (Wildman–Crippen MR) is 83.8 cm³/mol. The lowest BCUT2D eigenvalue weighted by Gasteiger charge is -2.63. The molecule has 2 rings (SSSR count). The minimum atomic E-state index is -0.00840. The van der Waals surface area contributed by atoms with E-state index in [1.54, 1.807) is 0 Å². The topological polar surface area (TPSA) is 18.5 Å². The van der Waals surface area contributed by atoms with Crippen LogP contribution in [0.15, 0.2) is 0 Å². The lowest BCUT2D eigenvalue weighted by atomic mass is 9.47. The smallest absolute Gasteiger partial charge is 0.0753 e. The number of rotatable bonds is 1.